The number of fused-ring (bicyclic) bond motifs is 1. The smallest absolute Gasteiger partial charge is 0.251 e. The highest BCUT2D eigenvalue weighted by atomic mass is 16.3. The Morgan fingerprint density at radius 3 is 2.71 bits per heavy atom. The molecule has 0 unspecified atom stereocenters. The Morgan fingerprint density at radius 1 is 1.17 bits per heavy atom. The van der Waals surface area contributed by atoms with Crippen LogP contribution in [0.1, 0.15) is 41.8 Å². The van der Waals surface area contributed by atoms with Gasteiger partial charge < -0.3 is 15.4 Å². The van der Waals surface area contributed by atoms with E-state index in [0.717, 1.165) is 22.9 Å². The molecule has 4 heteroatoms. The van der Waals surface area contributed by atoms with Crippen LogP contribution in [-0.4, -0.2) is 22.0 Å². The molecule has 0 bridgehead atoms. The lowest BCUT2D eigenvalue weighted by atomic mass is 9.98. The van der Waals surface area contributed by atoms with Crippen molar-refractivity contribution < 1.29 is 9.90 Å². The lowest BCUT2D eigenvalue weighted by Crippen LogP contribution is -2.39. The molecule has 1 amide bonds. The monoisotopic (exact) mass is 322 g/mol. The van der Waals surface area contributed by atoms with E-state index in [2.05, 4.69) is 10.3 Å². The van der Waals surface area contributed by atoms with Gasteiger partial charge in [-0.1, -0.05) is 49.7 Å². The minimum atomic E-state index is -0.718. The van der Waals surface area contributed by atoms with Crippen LogP contribution in [0.25, 0.3) is 10.9 Å². The van der Waals surface area contributed by atoms with Crippen molar-refractivity contribution in [1.29, 1.82) is 0 Å². The highest BCUT2D eigenvalue weighted by Crippen LogP contribution is 2.21. The molecule has 1 aromatic heterocycles. The maximum atomic E-state index is 12.6. The molecule has 3 rings (SSSR count). The van der Waals surface area contributed by atoms with Gasteiger partial charge in [-0.3, -0.25) is 4.79 Å². The summed E-state index contributed by atoms with van der Waals surface area (Å²) in [6, 6.07) is 16.7. The second-order valence-corrected chi connectivity index (χ2v) is 6.00. The predicted octanol–water partition coefficient (Wildman–Crippen LogP) is 3.80. The van der Waals surface area contributed by atoms with Crippen molar-refractivity contribution in [3.05, 3.63) is 71.9 Å². The van der Waals surface area contributed by atoms with Crippen LogP contribution in [0.5, 0.6) is 0 Å². The highest BCUT2D eigenvalue weighted by Gasteiger charge is 2.22. The number of carbonyl (C=O) groups excluding carboxylic acids is 1. The summed E-state index contributed by atoms with van der Waals surface area (Å²) in [7, 11) is 0. The fraction of sp³-hybridized carbons (Fsp3) is 0.250. The van der Waals surface area contributed by atoms with E-state index in [0.29, 0.717) is 12.0 Å². The van der Waals surface area contributed by atoms with Gasteiger partial charge in [-0.25, -0.2) is 0 Å². The Balaban J connectivity index is 1.78. The molecule has 24 heavy (non-hydrogen) atoms. The van der Waals surface area contributed by atoms with E-state index >= 15 is 0 Å². The molecule has 0 radical (unpaired) electrons. The lowest BCUT2D eigenvalue weighted by molar-refractivity contribution is 0.0820. The number of nitrogens with one attached hydrogen (secondary N) is 2. The first-order valence-corrected chi connectivity index (χ1v) is 8.30. The van der Waals surface area contributed by atoms with E-state index < -0.39 is 6.10 Å². The van der Waals surface area contributed by atoms with Gasteiger partial charge in [0.1, 0.15) is 0 Å². The first-order chi connectivity index (χ1) is 11.7. The largest absolute Gasteiger partial charge is 0.386 e. The van der Waals surface area contributed by atoms with Gasteiger partial charge in [0.25, 0.3) is 5.91 Å². The number of aliphatic hydroxyl groups excluding tert-OH is 1. The molecule has 3 aromatic rings. The summed E-state index contributed by atoms with van der Waals surface area (Å²) >= 11 is 0. The van der Waals surface area contributed by atoms with E-state index in [-0.39, 0.29) is 11.9 Å². The normalized spacial score (nSPS) is 13.6. The number of aliphatic hydroxyl groups is 1. The number of aromatic amines is 1. The van der Waals surface area contributed by atoms with Crippen molar-refractivity contribution in [3.8, 4) is 0 Å². The molecule has 124 valence electrons. The second kappa shape index (κ2) is 7.32. The van der Waals surface area contributed by atoms with E-state index in [1.807, 2.05) is 67.7 Å². The number of aromatic nitrogens is 1. The van der Waals surface area contributed by atoms with Gasteiger partial charge in [-0.15, -0.1) is 0 Å². The summed E-state index contributed by atoms with van der Waals surface area (Å²) < 4.78 is 0. The molecule has 3 N–H and O–H groups in total. The van der Waals surface area contributed by atoms with E-state index in [4.69, 9.17) is 0 Å². The standard InChI is InChI=1S/C20H22N2O2/c1-2-6-17(19(23)15-7-4-3-5-8-15)22-20(24)16-10-9-14-11-12-21-18(14)13-16/h3-5,7-13,17,19,21,23H,2,6H2,1H3,(H,22,24)/t17-,19-/m1/s1. The molecule has 0 aliphatic rings. The van der Waals surface area contributed by atoms with Crippen LogP contribution in [0.15, 0.2) is 60.8 Å². The van der Waals surface area contributed by atoms with Gasteiger partial charge in [0.15, 0.2) is 0 Å². The van der Waals surface area contributed by atoms with Crippen molar-refractivity contribution in [2.75, 3.05) is 0 Å². The maximum Gasteiger partial charge on any atom is 0.251 e. The fourth-order valence-corrected chi connectivity index (χ4v) is 2.94. The number of hydrogen-bond donors (Lipinski definition) is 3. The molecular formula is C20H22N2O2. The van der Waals surface area contributed by atoms with Crippen LogP contribution in [0, 0.1) is 0 Å². The molecule has 1 heterocycles. The van der Waals surface area contributed by atoms with E-state index in [1.54, 1.807) is 0 Å². The van der Waals surface area contributed by atoms with Gasteiger partial charge in [-0.2, -0.15) is 0 Å². The van der Waals surface area contributed by atoms with E-state index in [9.17, 15) is 9.90 Å². The quantitative estimate of drug-likeness (QED) is 0.646. The molecule has 0 spiro atoms. The SMILES string of the molecule is CCC[C@@H](NC(=O)c1ccc2cc[nH]c2c1)[C@H](O)c1ccccc1. The molecule has 4 nitrogen and oxygen atoms in total. The Morgan fingerprint density at radius 2 is 1.96 bits per heavy atom. The Kier molecular flexibility index (Phi) is 4.96. The van der Waals surface area contributed by atoms with Crippen molar-refractivity contribution in [2.24, 2.45) is 0 Å². The van der Waals surface area contributed by atoms with Gasteiger partial charge in [0, 0.05) is 17.3 Å². The molecule has 0 aliphatic carbocycles. The summed E-state index contributed by atoms with van der Waals surface area (Å²) in [4.78, 5) is 15.7. The first kappa shape index (κ1) is 16.3. The third-order valence-electron chi connectivity index (χ3n) is 4.26. The van der Waals surface area contributed by atoms with Gasteiger partial charge in [0.05, 0.1) is 12.1 Å². The van der Waals surface area contributed by atoms with Crippen LogP contribution >= 0.6 is 0 Å². The number of hydrogen-bond acceptors (Lipinski definition) is 2. The highest BCUT2D eigenvalue weighted by molar-refractivity contribution is 5.98. The number of rotatable bonds is 6. The predicted molar refractivity (Wildman–Crippen MR) is 95.9 cm³/mol. The minimum Gasteiger partial charge on any atom is -0.386 e. The van der Waals surface area contributed by atoms with Gasteiger partial charge in [0.2, 0.25) is 0 Å². The Hall–Kier alpha value is -2.59. The van der Waals surface area contributed by atoms with Crippen LogP contribution in [0.3, 0.4) is 0 Å². The number of H-pyrrole nitrogens is 1. The van der Waals surface area contributed by atoms with Crippen LogP contribution < -0.4 is 5.32 Å². The first-order valence-electron chi connectivity index (χ1n) is 8.30. The fourth-order valence-electron chi connectivity index (χ4n) is 2.94. The molecule has 0 saturated heterocycles. The number of carbonyl (C=O) groups is 1. The van der Waals surface area contributed by atoms with Crippen molar-refractivity contribution in [2.45, 2.75) is 31.9 Å². The molecule has 2 aromatic carbocycles. The van der Waals surface area contributed by atoms with Crippen molar-refractivity contribution in [3.63, 3.8) is 0 Å². The lowest BCUT2D eigenvalue weighted by Gasteiger charge is -2.24. The van der Waals surface area contributed by atoms with Crippen LogP contribution in [0.4, 0.5) is 0 Å². The maximum absolute atomic E-state index is 12.6. The molecule has 0 saturated carbocycles. The summed E-state index contributed by atoms with van der Waals surface area (Å²) in [5.74, 6) is -0.167. The molecule has 2 atom stereocenters. The zero-order valence-electron chi connectivity index (χ0n) is 13.7. The average molecular weight is 322 g/mol. The molecule has 0 fully saturated rings. The van der Waals surface area contributed by atoms with Crippen LogP contribution in [-0.2, 0) is 0 Å². The van der Waals surface area contributed by atoms with Crippen molar-refractivity contribution in [1.82, 2.24) is 10.3 Å². The zero-order valence-corrected chi connectivity index (χ0v) is 13.7. The topological polar surface area (TPSA) is 65.1 Å². The number of amides is 1. The van der Waals surface area contributed by atoms with E-state index in [1.165, 1.54) is 0 Å². The summed E-state index contributed by atoms with van der Waals surface area (Å²) in [5.41, 5.74) is 2.33. The number of benzene rings is 2. The Bertz CT molecular complexity index is 811. The second-order valence-electron chi connectivity index (χ2n) is 6.00. The third kappa shape index (κ3) is 3.49. The summed E-state index contributed by atoms with van der Waals surface area (Å²) in [6.07, 6.45) is 2.73. The minimum absolute atomic E-state index is 0.167. The van der Waals surface area contributed by atoms with Crippen molar-refractivity contribution >= 4 is 16.8 Å². The zero-order chi connectivity index (χ0) is 16.9. The average Bonchev–Trinajstić information content (AvgIpc) is 3.09. The van der Waals surface area contributed by atoms with Crippen LogP contribution in [0.2, 0.25) is 0 Å². The Labute approximate surface area is 141 Å². The third-order valence-corrected chi connectivity index (χ3v) is 4.26. The molecular weight excluding hydrogens is 300 g/mol. The summed E-state index contributed by atoms with van der Waals surface area (Å²) in [5, 5.41) is 14.7. The van der Waals surface area contributed by atoms with Gasteiger partial charge >= 0.3 is 0 Å². The molecule has 0 aliphatic heterocycles. The van der Waals surface area contributed by atoms with Gasteiger partial charge in [-0.05, 0) is 35.6 Å². The summed E-state index contributed by atoms with van der Waals surface area (Å²) in [6.45, 7) is 2.04.